The molecule has 6 heteroatoms. The number of hydrogen-bond acceptors (Lipinski definition) is 2. The van der Waals surface area contributed by atoms with Crippen LogP contribution in [0.5, 0.6) is 0 Å². The maximum atomic E-state index is 12.0. The lowest BCUT2D eigenvalue weighted by Crippen LogP contribution is -2.42. The fourth-order valence-corrected chi connectivity index (χ4v) is 2.39. The molecule has 18 heavy (non-hydrogen) atoms. The average Bonchev–Trinajstić information content (AvgIpc) is 2.34. The number of halogens is 3. The van der Waals surface area contributed by atoms with Crippen molar-refractivity contribution in [3.05, 3.63) is 32.4 Å². The highest BCUT2D eigenvalue weighted by atomic mass is 127. The van der Waals surface area contributed by atoms with Crippen molar-refractivity contribution in [1.82, 2.24) is 10.6 Å². The zero-order chi connectivity index (χ0) is 12.3. The lowest BCUT2D eigenvalue weighted by atomic mass is 10.1. The summed E-state index contributed by atoms with van der Waals surface area (Å²) in [6.45, 7) is 1.94. The topological polar surface area (TPSA) is 41.1 Å². The highest BCUT2D eigenvalue weighted by Gasteiger charge is 2.16. The van der Waals surface area contributed by atoms with E-state index in [0.717, 1.165) is 29.5 Å². The monoisotopic (exact) mass is 400 g/mol. The molecular weight excluding hydrogens is 386 g/mol. The van der Waals surface area contributed by atoms with Gasteiger partial charge >= 0.3 is 0 Å². The Labute approximate surface area is 132 Å². The second kappa shape index (κ2) is 7.53. The minimum atomic E-state index is -0.0322. The summed E-state index contributed by atoms with van der Waals surface area (Å²) in [6.07, 6.45) is 1.98. The lowest BCUT2D eigenvalue weighted by molar-refractivity contribution is 0.0929. The summed E-state index contributed by atoms with van der Waals surface area (Å²) in [7, 11) is 0. The van der Waals surface area contributed by atoms with Crippen LogP contribution in [0.15, 0.2) is 18.2 Å². The molecule has 1 aromatic carbocycles. The molecule has 1 aliphatic rings. The van der Waals surface area contributed by atoms with Gasteiger partial charge in [-0.1, -0.05) is 11.6 Å². The van der Waals surface area contributed by atoms with E-state index in [1.165, 1.54) is 0 Å². The molecule has 0 aliphatic carbocycles. The quantitative estimate of drug-likeness (QED) is 0.749. The molecule has 2 rings (SSSR count). The molecule has 1 aromatic rings. The average molecular weight is 401 g/mol. The van der Waals surface area contributed by atoms with Crippen molar-refractivity contribution >= 4 is 52.5 Å². The SMILES string of the molecule is Cl.O=C(NC1CCNCC1)c1ccc(I)c(Cl)c1. The Morgan fingerprint density at radius 1 is 1.39 bits per heavy atom. The van der Waals surface area contributed by atoms with Crippen LogP contribution < -0.4 is 10.6 Å². The maximum Gasteiger partial charge on any atom is 0.251 e. The van der Waals surface area contributed by atoms with Crippen LogP contribution >= 0.6 is 46.6 Å². The molecule has 2 N–H and O–H groups in total. The van der Waals surface area contributed by atoms with E-state index in [1.54, 1.807) is 6.07 Å². The standard InChI is InChI=1S/C12H14ClIN2O.ClH/c13-10-7-8(1-2-11(10)14)12(17)16-9-3-5-15-6-4-9;/h1-2,7,9,15H,3-6H2,(H,16,17);1H. The Morgan fingerprint density at radius 3 is 2.67 bits per heavy atom. The fourth-order valence-electron chi connectivity index (χ4n) is 1.87. The number of hydrogen-bond donors (Lipinski definition) is 2. The second-order valence-electron chi connectivity index (χ2n) is 4.13. The molecule has 0 bridgehead atoms. The van der Waals surface area contributed by atoms with Crippen molar-refractivity contribution in [2.24, 2.45) is 0 Å². The molecular formula is C12H15Cl2IN2O. The number of nitrogens with one attached hydrogen (secondary N) is 2. The molecule has 3 nitrogen and oxygen atoms in total. The van der Waals surface area contributed by atoms with E-state index in [0.29, 0.717) is 10.6 Å². The van der Waals surface area contributed by atoms with Crippen LogP contribution in [0.2, 0.25) is 5.02 Å². The van der Waals surface area contributed by atoms with Gasteiger partial charge in [0, 0.05) is 15.2 Å². The zero-order valence-electron chi connectivity index (χ0n) is 9.71. The number of piperidine rings is 1. The largest absolute Gasteiger partial charge is 0.349 e. The van der Waals surface area contributed by atoms with Crippen LogP contribution in [0.25, 0.3) is 0 Å². The summed E-state index contributed by atoms with van der Waals surface area (Å²) >= 11 is 8.15. The molecule has 1 amide bonds. The lowest BCUT2D eigenvalue weighted by Gasteiger charge is -2.23. The van der Waals surface area contributed by atoms with Crippen LogP contribution in [-0.2, 0) is 0 Å². The third-order valence-corrected chi connectivity index (χ3v) is 4.43. The summed E-state index contributed by atoms with van der Waals surface area (Å²) in [5.74, 6) is -0.0322. The molecule has 1 fully saturated rings. The van der Waals surface area contributed by atoms with Crippen LogP contribution in [0.4, 0.5) is 0 Å². The van der Waals surface area contributed by atoms with Gasteiger partial charge in [-0.15, -0.1) is 12.4 Å². The molecule has 1 heterocycles. The molecule has 0 unspecified atom stereocenters. The van der Waals surface area contributed by atoms with Crippen LogP contribution in [-0.4, -0.2) is 25.0 Å². The first-order chi connectivity index (χ1) is 8.16. The number of carbonyl (C=O) groups excluding carboxylic acids is 1. The van der Waals surface area contributed by atoms with Crippen molar-refractivity contribution in [3.8, 4) is 0 Å². The summed E-state index contributed by atoms with van der Waals surface area (Å²) in [5, 5.41) is 6.94. The van der Waals surface area contributed by atoms with E-state index in [2.05, 4.69) is 33.2 Å². The molecule has 1 aliphatic heterocycles. The Hall–Kier alpha value is -0.0400. The van der Waals surface area contributed by atoms with Gasteiger partial charge in [-0.25, -0.2) is 0 Å². The van der Waals surface area contributed by atoms with Gasteiger partial charge in [0.1, 0.15) is 0 Å². The van der Waals surface area contributed by atoms with Gasteiger partial charge in [0.05, 0.1) is 5.02 Å². The van der Waals surface area contributed by atoms with Gasteiger partial charge in [-0.3, -0.25) is 4.79 Å². The summed E-state index contributed by atoms with van der Waals surface area (Å²) in [5.41, 5.74) is 0.633. The fraction of sp³-hybridized carbons (Fsp3) is 0.417. The van der Waals surface area contributed by atoms with Crippen LogP contribution in [0, 0.1) is 3.57 Å². The van der Waals surface area contributed by atoms with Gasteiger partial charge in [0.25, 0.3) is 5.91 Å². The zero-order valence-corrected chi connectivity index (χ0v) is 13.4. The van der Waals surface area contributed by atoms with Crippen molar-refractivity contribution in [3.63, 3.8) is 0 Å². The Bertz CT molecular complexity index is 423. The van der Waals surface area contributed by atoms with E-state index in [9.17, 15) is 4.79 Å². The van der Waals surface area contributed by atoms with Gasteiger partial charge in [0.15, 0.2) is 0 Å². The molecule has 0 saturated carbocycles. The van der Waals surface area contributed by atoms with Gasteiger partial charge in [-0.2, -0.15) is 0 Å². The van der Waals surface area contributed by atoms with E-state index < -0.39 is 0 Å². The van der Waals surface area contributed by atoms with Crippen LogP contribution in [0.3, 0.4) is 0 Å². The van der Waals surface area contributed by atoms with Gasteiger partial charge in [0.2, 0.25) is 0 Å². The third kappa shape index (κ3) is 4.26. The molecule has 0 radical (unpaired) electrons. The maximum absolute atomic E-state index is 12.0. The minimum Gasteiger partial charge on any atom is -0.349 e. The van der Waals surface area contributed by atoms with E-state index >= 15 is 0 Å². The van der Waals surface area contributed by atoms with Gasteiger partial charge in [-0.05, 0) is 66.7 Å². The van der Waals surface area contributed by atoms with Gasteiger partial charge < -0.3 is 10.6 Å². The smallest absolute Gasteiger partial charge is 0.251 e. The Morgan fingerprint density at radius 2 is 2.06 bits per heavy atom. The Kier molecular flexibility index (Phi) is 6.70. The number of rotatable bonds is 2. The highest BCUT2D eigenvalue weighted by molar-refractivity contribution is 14.1. The van der Waals surface area contributed by atoms with Crippen LogP contribution in [0.1, 0.15) is 23.2 Å². The van der Waals surface area contributed by atoms with Crippen molar-refractivity contribution in [2.75, 3.05) is 13.1 Å². The number of benzene rings is 1. The molecule has 100 valence electrons. The molecule has 0 atom stereocenters. The Balaban J connectivity index is 0.00000162. The predicted molar refractivity (Wildman–Crippen MR) is 84.8 cm³/mol. The number of carbonyl (C=O) groups is 1. The normalized spacial score (nSPS) is 15.9. The highest BCUT2D eigenvalue weighted by Crippen LogP contribution is 2.19. The van der Waals surface area contributed by atoms with Crippen molar-refractivity contribution in [1.29, 1.82) is 0 Å². The second-order valence-corrected chi connectivity index (χ2v) is 5.70. The summed E-state index contributed by atoms with van der Waals surface area (Å²) in [4.78, 5) is 12.0. The number of amides is 1. The van der Waals surface area contributed by atoms with E-state index in [1.807, 2.05) is 12.1 Å². The first-order valence-corrected chi connectivity index (χ1v) is 7.09. The molecule has 0 spiro atoms. The minimum absolute atomic E-state index is 0. The first kappa shape index (κ1) is 16.0. The molecule has 0 aromatic heterocycles. The predicted octanol–water partition coefficient (Wildman–Crippen LogP) is 2.85. The van der Waals surface area contributed by atoms with Crippen molar-refractivity contribution in [2.45, 2.75) is 18.9 Å². The third-order valence-electron chi connectivity index (χ3n) is 2.86. The summed E-state index contributed by atoms with van der Waals surface area (Å²) < 4.78 is 0.961. The molecule has 1 saturated heterocycles. The summed E-state index contributed by atoms with van der Waals surface area (Å²) in [6, 6.07) is 5.67. The van der Waals surface area contributed by atoms with E-state index in [-0.39, 0.29) is 24.4 Å². The van der Waals surface area contributed by atoms with E-state index in [4.69, 9.17) is 11.6 Å². The van der Waals surface area contributed by atoms with Crippen molar-refractivity contribution < 1.29 is 4.79 Å². The first-order valence-electron chi connectivity index (χ1n) is 5.63.